The average molecular weight is 643 g/mol. The van der Waals surface area contributed by atoms with E-state index in [1.165, 1.54) is 0 Å². The first-order valence-corrected chi connectivity index (χ1v) is 16.1. The number of halogens is 1. The van der Waals surface area contributed by atoms with Crippen LogP contribution in [-0.2, 0) is 12.8 Å². The van der Waals surface area contributed by atoms with Gasteiger partial charge in [-0.3, -0.25) is 19.6 Å². The number of benzene rings is 3. The van der Waals surface area contributed by atoms with Crippen LogP contribution in [0.3, 0.4) is 0 Å². The fraction of sp³-hybridized carbons (Fsp3) is 0.189. The highest BCUT2D eigenvalue weighted by Gasteiger charge is 2.23. The second kappa shape index (κ2) is 11.7. The molecule has 10 heteroatoms. The van der Waals surface area contributed by atoms with Crippen molar-refractivity contribution in [2.45, 2.75) is 25.7 Å². The van der Waals surface area contributed by atoms with E-state index >= 15 is 0 Å². The predicted octanol–water partition coefficient (Wildman–Crippen LogP) is 7.11. The Hall–Kier alpha value is -5.41. The van der Waals surface area contributed by atoms with Crippen LogP contribution in [0.1, 0.15) is 44.9 Å². The molecule has 234 valence electrons. The topological polar surface area (TPSA) is 125 Å². The molecule has 47 heavy (non-hydrogen) atoms. The molecule has 0 spiro atoms. The molecule has 0 saturated heterocycles. The maximum atomic E-state index is 12.5. The molecule has 0 atom stereocenters. The zero-order valence-electron chi connectivity index (χ0n) is 25.7. The number of carbonyl (C=O) groups excluding carboxylic acids is 2. The third-order valence-corrected chi connectivity index (χ3v) is 9.27. The van der Waals surface area contributed by atoms with Gasteiger partial charge in [0, 0.05) is 69.1 Å². The zero-order chi connectivity index (χ0) is 32.1. The predicted molar refractivity (Wildman–Crippen MR) is 186 cm³/mol. The normalized spacial score (nSPS) is 14.5. The molecule has 2 aliphatic heterocycles. The van der Waals surface area contributed by atoms with Gasteiger partial charge in [-0.15, -0.1) is 0 Å². The van der Waals surface area contributed by atoms with Crippen molar-refractivity contribution < 1.29 is 14.3 Å². The van der Waals surface area contributed by atoms with Crippen LogP contribution in [0.25, 0.3) is 54.6 Å². The second-order valence-corrected chi connectivity index (χ2v) is 12.3. The highest BCUT2D eigenvalue weighted by Crippen LogP contribution is 2.34. The van der Waals surface area contributed by atoms with Gasteiger partial charge in [0.05, 0.1) is 40.7 Å². The largest absolute Gasteiger partial charge is 0.497 e. The fourth-order valence-corrected chi connectivity index (χ4v) is 6.89. The lowest BCUT2D eigenvalue weighted by Gasteiger charge is -2.06. The van der Waals surface area contributed by atoms with E-state index in [0.717, 1.165) is 115 Å². The number of amides is 2. The maximum absolute atomic E-state index is 12.5. The van der Waals surface area contributed by atoms with E-state index in [1.807, 2.05) is 67.0 Å². The molecular formula is C37H31ClN6O3. The van der Waals surface area contributed by atoms with Crippen molar-refractivity contribution in [1.29, 1.82) is 0 Å². The van der Waals surface area contributed by atoms with E-state index in [-0.39, 0.29) is 11.8 Å². The SMILES string of the molecule is COc1ccc(-c2cc3c(ccc4c5c([nH]c43)CCCNC5=O)cn2)cc1.O=C1NCCCc2nc3c(ccc4c[nH]c(Cl)cc43)c21. The Kier molecular flexibility index (Phi) is 7.25. The number of hydrogen-bond donors (Lipinski definition) is 4. The molecule has 2 amide bonds. The third kappa shape index (κ3) is 5.13. The van der Waals surface area contributed by atoms with Gasteiger partial charge in [0.25, 0.3) is 11.8 Å². The van der Waals surface area contributed by atoms with Gasteiger partial charge in [-0.1, -0.05) is 35.9 Å². The second-order valence-electron chi connectivity index (χ2n) is 11.9. The van der Waals surface area contributed by atoms with Crippen LogP contribution in [0, 0.1) is 0 Å². The van der Waals surface area contributed by atoms with Gasteiger partial charge < -0.3 is 25.3 Å². The standard InChI is InChI=1S/C22H19N3O2.C15H12ClN3O/c1-27-15-7-4-13(5-8-15)19-11-17-14(12-24-19)6-9-16-20-18(25-21(16)17)3-2-10-23-22(20)26;16-12-6-10-8(7-18-12)3-4-9-13-11(19-14(9)10)2-1-5-17-15(13)20/h4-9,11-12,25H,2-3,10H2,1H3,(H,23,26);3-4,6-7,18H,1-2,5H2,(H,17,20). The first-order valence-electron chi connectivity index (χ1n) is 15.7. The van der Waals surface area contributed by atoms with Crippen LogP contribution in [-0.4, -0.2) is 51.9 Å². The summed E-state index contributed by atoms with van der Waals surface area (Å²) in [4.78, 5) is 40.5. The van der Waals surface area contributed by atoms with Crippen LogP contribution < -0.4 is 15.4 Å². The first kappa shape index (κ1) is 29.0. The number of aryl methyl sites for hydroxylation is 2. The summed E-state index contributed by atoms with van der Waals surface area (Å²) in [7, 11) is 1.66. The maximum Gasteiger partial charge on any atom is 0.253 e. The number of H-pyrrole nitrogens is 2. The van der Waals surface area contributed by atoms with Crippen molar-refractivity contribution in [2.75, 3.05) is 20.2 Å². The Bertz CT molecular complexity index is 2360. The van der Waals surface area contributed by atoms with E-state index in [4.69, 9.17) is 21.3 Å². The number of rotatable bonds is 2. The number of ether oxygens (including phenoxy) is 1. The number of fused-ring (bicyclic) bond motifs is 10. The number of nitrogens with zero attached hydrogens (tertiary/aromatic N) is 2. The summed E-state index contributed by atoms with van der Waals surface area (Å²) in [5.74, 6) is 0.812. The van der Waals surface area contributed by atoms with E-state index < -0.39 is 0 Å². The zero-order valence-corrected chi connectivity index (χ0v) is 26.4. The smallest absolute Gasteiger partial charge is 0.253 e. The van der Waals surface area contributed by atoms with Crippen molar-refractivity contribution >= 4 is 66.8 Å². The summed E-state index contributed by atoms with van der Waals surface area (Å²) >= 11 is 6.04. The molecule has 0 unspecified atom stereocenters. The minimum Gasteiger partial charge on any atom is -0.497 e. The minimum absolute atomic E-state index is 0.0116. The van der Waals surface area contributed by atoms with Crippen molar-refractivity contribution in [1.82, 2.24) is 30.6 Å². The molecule has 9 nitrogen and oxygen atoms in total. The van der Waals surface area contributed by atoms with Gasteiger partial charge in [0.1, 0.15) is 10.9 Å². The summed E-state index contributed by atoms with van der Waals surface area (Å²) in [5.41, 5.74) is 7.22. The highest BCUT2D eigenvalue weighted by atomic mass is 35.5. The monoisotopic (exact) mass is 642 g/mol. The van der Waals surface area contributed by atoms with E-state index in [2.05, 4.69) is 31.7 Å². The molecule has 3 aromatic carbocycles. The van der Waals surface area contributed by atoms with Crippen molar-refractivity contribution in [3.63, 3.8) is 0 Å². The summed E-state index contributed by atoms with van der Waals surface area (Å²) < 4.78 is 5.24. The van der Waals surface area contributed by atoms with Gasteiger partial charge in [-0.2, -0.15) is 0 Å². The lowest BCUT2D eigenvalue weighted by molar-refractivity contribution is 0.0949. The van der Waals surface area contributed by atoms with E-state index in [9.17, 15) is 9.59 Å². The lowest BCUT2D eigenvalue weighted by atomic mass is 10.0. The molecular weight excluding hydrogens is 612 g/mol. The van der Waals surface area contributed by atoms with Crippen LogP contribution in [0.15, 0.2) is 73.1 Å². The van der Waals surface area contributed by atoms with Crippen molar-refractivity contribution in [2.24, 2.45) is 0 Å². The van der Waals surface area contributed by atoms with E-state index in [1.54, 1.807) is 7.11 Å². The van der Waals surface area contributed by atoms with Crippen molar-refractivity contribution in [3.05, 3.63) is 101 Å². The summed E-state index contributed by atoms with van der Waals surface area (Å²) in [5, 5.41) is 12.5. The van der Waals surface area contributed by atoms with Crippen LogP contribution >= 0.6 is 11.6 Å². The molecule has 7 aromatic rings. The quantitative estimate of drug-likeness (QED) is 0.150. The van der Waals surface area contributed by atoms with Gasteiger partial charge in [0.2, 0.25) is 0 Å². The lowest BCUT2D eigenvalue weighted by Crippen LogP contribution is -2.22. The minimum atomic E-state index is -0.0204. The molecule has 0 bridgehead atoms. The summed E-state index contributed by atoms with van der Waals surface area (Å²) in [6.07, 6.45) is 7.33. The Labute approximate surface area is 274 Å². The Morgan fingerprint density at radius 3 is 2.34 bits per heavy atom. The summed E-state index contributed by atoms with van der Waals surface area (Å²) in [6.45, 7) is 1.44. The molecule has 6 heterocycles. The average Bonchev–Trinajstić information content (AvgIpc) is 3.54. The van der Waals surface area contributed by atoms with E-state index in [0.29, 0.717) is 11.7 Å². The molecule has 0 fully saturated rings. The number of nitrogens with one attached hydrogen (secondary N) is 4. The van der Waals surface area contributed by atoms with Crippen LogP contribution in [0.2, 0.25) is 5.15 Å². The molecule has 2 aliphatic rings. The molecule has 0 aliphatic carbocycles. The Morgan fingerprint density at radius 1 is 0.787 bits per heavy atom. The van der Waals surface area contributed by atoms with Gasteiger partial charge in [0.15, 0.2) is 0 Å². The molecule has 4 aromatic heterocycles. The molecule has 0 radical (unpaired) electrons. The van der Waals surface area contributed by atoms with Gasteiger partial charge in [-0.05, 0) is 62.1 Å². The Morgan fingerprint density at radius 2 is 1.53 bits per heavy atom. The van der Waals surface area contributed by atoms with Crippen LogP contribution in [0.5, 0.6) is 5.75 Å². The van der Waals surface area contributed by atoms with Crippen molar-refractivity contribution in [3.8, 4) is 17.0 Å². The number of pyridine rings is 2. The number of aromatic amines is 2. The third-order valence-electron chi connectivity index (χ3n) is 9.05. The first-order chi connectivity index (χ1) is 23.0. The number of aromatic nitrogens is 4. The fourth-order valence-electron chi connectivity index (χ4n) is 6.72. The number of carbonyl (C=O) groups is 2. The molecule has 4 N–H and O–H groups in total. The van der Waals surface area contributed by atoms with Gasteiger partial charge >= 0.3 is 0 Å². The van der Waals surface area contributed by atoms with Gasteiger partial charge in [-0.25, -0.2) is 0 Å². The summed E-state index contributed by atoms with van der Waals surface area (Å²) in [6, 6.07) is 19.8. The highest BCUT2D eigenvalue weighted by molar-refractivity contribution is 6.30. The Balaban J connectivity index is 0.000000144. The molecule has 0 saturated carbocycles. The number of hydrogen-bond acceptors (Lipinski definition) is 5. The molecule has 9 rings (SSSR count). The van der Waals surface area contributed by atoms with Crippen LogP contribution in [0.4, 0.5) is 0 Å². The number of methoxy groups -OCH3 is 1.